The number of rotatable bonds is 6. The lowest BCUT2D eigenvalue weighted by Crippen LogP contribution is -2.20. The molecule has 1 rings (SSSR count). The zero-order valence-electron chi connectivity index (χ0n) is 9.62. The van der Waals surface area contributed by atoms with Crippen LogP contribution in [0.1, 0.15) is 32.6 Å². The van der Waals surface area contributed by atoms with Gasteiger partial charge < -0.3 is 9.47 Å². The van der Waals surface area contributed by atoms with Gasteiger partial charge >= 0.3 is 0 Å². The molecule has 0 N–H and O–H groups in total. The van der Waals surface area contributed by atoms with Gasteiger partial charge in [0.05, 0.1) is 6.10 Å². The summed E-state index contributed by atoms with van der Waals surface area (Å²) in [5.41, 5.74) is 0.740. The first kappa shape index (κ1) is 12.4. The Labute approximate surface area is 91.4 Å². The third-order valence-corrected chi connectivity index (χ3v) is 2.91. The molecule has 0 spiro atoms. The predicted molar refractivity (Wildman–Crippen MR) is 58.5 cm³/mol. The lowest BCUT2D eigenvalue weighted by Gasteiger charge is -2.19. The van der Waals surface area contributed by atoms with Crippen LogP contribution in [0.2, 0.25) is 0 Å². The first-order valence-corrected chi connectivity index (χ1v) is 5.53. The minimum atomic E-state index is -0.0171. The molecule has 0 aliphatic heterocycles. The highest BCUT2D eigenvalue weighted by molar-refractivity contribution is 5.98. The molecule has 0 bridgehead atoms. The summed E-state index contributed by atoms with van der Waals surface area (Å²) in [6, 6.07) is 0. The van der Waals surface area contributed by atoms with E-state index < -0.39 is 0 Å². The molecule has 0 saturated heterocycles. The van der Waals surface area contributed by atoms with Crippen molar-refractivity contribution in [2.75, 3.05) is 13.9 Å². The van der Waals surface area contributed by atoms with Crippen molar-refractivity contribution >= 4 is 5.78 Å². The minimum Gasteiger partial charge on any atom is -0.359 e. The van der Waals surface area contributed by atoms with Gasteiger partial charge in [0.25, 0.3) is 0 Å². The number of methoxy groups -OCH3 is 1. The maximum Gasteiger partial charge on any atom is 0.161 e. The summed E-state index contributed by atoms with van der Waals surface area (Å²) < 4.78 is 10.4. The summed E-state index contributed by atoms with van der Waals surface area (Å²) in [7, 11) is 1.59. The summed E-state index contributed by atoms with van der Waals surface area (Å²) in [5, 5.41) is 0. The van der Waals surface area contributed by atoms with Crippen LogP contribution in [0.5, 0.6) is 0 Å². The maximum atomic E-state index is 11.5. The van der Waals surface area contributed by atoms with Crippen LogP contribution in [0.15, 0.2) is 12.2 Å². The van der Waals surface area contributed by atoms with Crippen LogP contribution >= 0.6 is 0 Å². The molecular formula is C12H20O3. The molecule has 0 aromatic carbocycles. The number of ether oxygens (including phenoxy) is 2. The zero-order valence-corrected chi connectivity index (χ0v) is 9.62. The van der Waals surface area contributed by atoms with Crippen LogP contribution in [0.3, 0.4) is 0 Å². The van der Waals surface area contributed by atoms with E-state index in [-0.39, 0.29) is 24.6 Å². The van der Waals surface area contributed by atoms with E-state index in [1.807, 2.05) is 0 Å². The molecule has 3 heteroatoms. The minimum absolute atomic E-state index is 0.0171. The lowest BCUT2D eigenvalue weighted by molar-refractivity contribution is -0.117. The third kappa shape index (κ3) is 3.14. The van der Waals surface area contributed by atoms with E-state index in [0.29, 0.717) is 6.42 Å². The first-order valence-electron chi connectivity index (χ1n) is 5.53. The molecule has 15 heavy (non-hydrogen) atoms. The van der Waals surface area contributed by atoms with Gasteiger partial charge in [0.2, 0.25) is 0 Å². The van der Waals surface area contributed by atoms with E-state index in [4.69, 9.17) is 9.47 Å². The van der Waals surface area contributed by atoms with E-state index in [2.05, 4.69) is 13.5 Å². The van der Waals surface area contributed by atoms with Crippen molar-refractivity contribution in [1.82, 2.24) is 0 Å². The highest BCUT2D eigenvalue weighted by Gasteiger charge is 2.36. The molecule has 0 aromatic heterocycles. The second-order valence-electron chi connectivity index (χ2n) is 4.01. The van der Waals surface area contributed by atoms with Crippen LogP contribution < -0.4 is 0 Å². The average Bonchev–Trinajstić information content (AvgIpc) is 2.50. The first-order chi connectivity index (χ1) is 7.20. The Balaban J connectivity index is 2.52. The maximum absolute atomic E-state index is 11.5. The monoisotopic (exact) mass is 212 g/mol. The Morgan fingerprint density at radius 2 is 2.27 bits per heavy atom. The van der Waals surface area contributed by atoms with E-state index >= 15 is 0 Å². The number of unbranched alkanes of at least 4 members (excludes halogenated alkanes) is 1. The summed E-state index contributed by atoms with van der Waals surface area (Å²) in [5.74, 6) is 0.352. The molecule has 0 unspecified atom stereocenters. The van der Waals surface area contributed by atoms with Gasteiger partial charge in [-0.2, -0.15) is 0 Å². The summed E-state index contributed by atoms with van der Waals surface area (Å²) in [6.07, 6.45) is 3.70. The molecule has 0 heterocycles. The molecule has 1 aliphatic carbocycles. The number of ketones is 1. The quantitative estimate of drug-likeness (QED) is 0.500. The second-order valence-corrected chi connectivity index (χ2v) is 4.01. The van der Waals surface area contributed by atoms with E-state index in [1.54, 1.807) is 7.11 Å². The highest BCUT2D eigenvalue weighted by Crippen LogP contribution is 2.33. The molecule has 0 aromatic rings. The topological polar surface area (TPSA) is 35.5 Å². The Kier molecular flexibility index (Phi) is 4.99. The molecule has 1 saturated carbocycles. The van der Waals surface area contributed by atoms with Crippen molar-refractivity contribution in [3.05, 3.63) is 12.2 Å². The molecule has 1 fully saturated rings. The van der Waals surface area contributed by atoms with Gasteiger partial charge in [0, 0.05) is 19.4 Å². The Bertz CT molecular complexity index is 235. The van der Waals surface area contributed by atoms with Crippen molar-refractivity contribution < 1.29 is 14.3 Å². The molecular weight excluding hydrogens is 192 g/mol. The largest absolute Gasteiger partial charge is 0.359 e. The zero-order chi connectivity index (χ0) is 11.3. The van der Waals surface area contributed by atoms with Gasteiger partial charge in [-0.3, -0.25) is 4.79 Å². The predicted octanol–water partition coefficient (Wildman–Crippen LogP) is 2.31. The second kappa shape index (κ2) is 6.03. The van der Waals surface area contributed by atoms with Gasteiger partial charge in [0.15, 0.2) is 5.78 Å². The number of Topliss-reactive ketones (excluding diaryl/α,β-unsaturated/α-hetero) is 1. The van der Waals surface area contributed by atoms with Gasteiger partial charge in [-0.05, 0) is 12.0 Å². The molecule has 0 amide bonds. The molecule has 0 radical (unpaired) electrons. The van der Waals surface area contributed by atoms with Crippen molar-refractivity contribution in [1.29, 1.82) is 0 Å². The number of hydrogen-bond acceptors (Lipinski definition) is 3. The van der Waals surface area contributed by atoms with E-state index in [1.165, 1.54) is 0 Å². The number of carbonyl (C=O) groups is 1. The fraction of sp³-hybridized carbons (Fsp3) is 0.750. The Hall–Kier alpha value is -0.670. The fourth-order valence-electron chi connectivity index (χ4n) is 2.00. The Morgan fingerprint density at radius 3 is 2.87 bits per heavy atom. The van der Waals surface area contributed by atoms with Crippen LogP contribution in [0, 0.1) is 5.92 Å². The van der Waals surface area contributed by atoms with Crippen molar-refractivity contribution in [3.63, 3.8) is 0 Å². The van der Waals surface area contributed by atoms with Gasteiger partial charge in [-0.1, -0.05) is 26.3 Å². The van der Waals surface area contributed by atoms with Crippen molar-refractivity contribution in [2.24, 2.45) is 5.92 Å². The standard InChI is InChI=1S/C12H20O3/c1-4-5-6-10-9(2)11(13)7-12(10)15-8-14-3/h10,12H,2,4-8H2,1,3H3/t10-,12-/m1/s1. The normalized spacial score (nSPS) is 26.3. The van der Waals surface area contributed by atoms with Crippen LogP contribution in [-0.2, 0) is 14.3 Å². The van der Waals surface area contributed by atoms with E-state index in [0.717, 1.165) is 24.8 Å². The lowest BCUT2D eigenvalue weighted by atomic mass is 9.95. The third-order valence-electron chi connectivity index (χ3n) is 2.91. The smallest absolute Gasteiger partial charge is 0.161 e. The van der Waals surface area contributed by atoms with Crippen LogP contribution in [-0.4, -0.2) is 25.8 Å². The summed E-state index contributed by atoms with van der Waals surface area (Å²) in [4.78, 5) is 11.5. The van der Waals surface area contributed by atoms with Gasteiger partial charge in [-0.25, -0.2) is 0 Å². The average molecular weight is 212 g/mol. The van der Waals surface area contributed by atoms with Gasteiger partial charge in [0.1, 0.15) is 6.79 Å². The Morgan fingerprint density at radius 1 is 1.53 bits per heavy atom. The number of hydrogen-bond donors (Lipinski definition) is 0. The molecule has 1 aliphatic rings. The fourth-order valence-corrected chi connectivity index (χ4v) is 2.00. The van der Waals surface area contributed by atoms with Gasteiger partial charge in [-0.15, -0.1) is 0 Å². The van der Waals surface area contributed by atoms with E-state index in [9.17, 15) is 4.79 Å². The summed E-state index contributed by atoms with van der Waals surface area (Å²) >= 11 is 0. The van der Waals surface area contributed by atoms with Crippen LogP contribution in [0.4, 0.5) is 0 Å². The molecule has 86 valence electrons. The molecule has 2 atom stereocenters. The highest BCUT2D eigenvalue weighted by atomic mass is 16.7. The van der Waals surface area contributed by atoms with Crippen molar-refractivity contribution in [2.45, 2.75) is 38.7 Å². The van der Waals surface area contributed by atoms with Crippen molar-refractivity contribution in [3.8, 4) is 0 Å². The summed E-state index contributed by atoms with van der Waals surface area (Å²) in [6.45, 7) is 6.26. The van der Waals surface area contributed by atoms with Crippen LogP contribution in [0.25, 0.3) is 0 Å². The number of carbonyl (C=O) groups excluding carboxylic acids is 1. The SMILES string of the molecule is C=C1C(=O)C[C@@H](OCOC)[C@@H]1CCCC. The molecule has 3 nitrogen and oxygen atoms in total.